The number of rotatable bonds is 6. The van der Waals surface area contributed by atoms with Crippen LogP contribution in [0.25, 0.3) is 0 Å². The largest absolute Gasteiger partial charge is 0.490 e. The average Bonchev–Trinajstić information content (AvgIpc) is 2.47. The molecule has 20 heavy (non-hydrogen) atoms. The van der Waals surface area contributed by atoms with Crippen molar-refractivity contribution in [1.82, 2.24) is 4.98 Å². The Kier molecular flexibility index (Phi) is 4.96. The molecule has 4 heteroatoms. The first kappa shape index (κ1) is 14.3. The number of hydrogen-bond donors (Lipinski definition) is 1. The molecule has 0 radical (unpaired) electrons. The molecule has 0 unspecified atom stereocenters. The number of ether oxygens (including phenoxy) is 2. The van der Waals surface area contributed by atoms with Crippen LogP contribution in [0.3, 0.4) is 0 Å². The van der Waals surface area contributed by atoms with Crippen LogP contribution in [-0.4, -0.2) is 16.7 Å². The third-order valence-corrected chi connectivity index (χ3v) is 2.77. The molecule has 0 aliphatic rings. The smallest absolute Gasteiger partial charge is 0.225 e. The average molecular weight is 273 g/mol. The van der Waals surface area contributed by atoms with Crippen molar-refractivity contribution in [3.8, 4) is 17.4 Å². The third kappa shape index (κ3) is 3.48. The van der Waals surface area contributed by atoms with Gasteiger partial charge < -0.3 is 14.6 Å². The lowest BCUT2D eigenvalue weighted by Gasteiger charge is -2.14. The number of para-hydroxylation sites is 2. The van der Waals surface area contributed by atoms with Gasteiger partial charge in [0.2, 0.25) is 5.88 Å². The van der Waals surface area contributed by atoms with Crippen LogP contribution >= 0.6 is 0 Å². The van der Waals surface area contributed by atoms with E-state index in [2.05, 4.69) is 4.98 Å². The molecule has 4 nitrogen and oxygen atoms in total. The fourth-order valence-electron chi connectivity index (χ4n) is 1.78. The summed E-state index contributed by atoms with van der Waals surface area (Å²) in [5, 5.41) is 9.74. The molecule has 1 aromatic heterocycles. The van der Waals surface area contributed by atoms with Gasteiger partial charge in [0.25, 0.3) is 0 Å². The summed E-state index contributed by atoms with van der Waals surface area (Å²) in [4.78, 5) is 4.18. The normalized spacial score (nSPS) is 11.9. The lowest BCUT2D eigenvalue weighted by Crippen LogP contribution is -2.01. The molecular weight excluding hydrogens is 254 g/mol. The SMILES string of the molecule is CCCOc1ccccc1Oc1ncccc1[C@@H](C)O. The van der Waals surface area contributed by atoms with Gasteiger partial charge in [0, 0.05) is 11.8 Å². The fraction of sp³-hybridized carbons (Fsp3) is 0.312. The molecule has 0 aliphatic carbocycles. The van der Waals surface area contributed by atoms with E-state index in [-0.39, 0.29) is 0 Å². The van der Waals surface area contributed by atoms with Crippen LogP contribution in [0.5, 0.6) is 17.4 Å². The van der Waals surface area contributed by atoms with Gasteiger partial charge in [0.05, 0.1) is 12.7 Å². The van der Waals surface area contributed by atoms with Crippen LogP contribution in [-0.2, 0) is 0 Å². The Balaban J connectivity index is 2.26. The van der Waals surface area contributed by atoms with Gasteiger partial charge in [0.1, 0.15) is 0 Å². The molecule has 1 atom stereocenters. The minimum absolute atomic E-state index is 0.398. The second kappa shape index (κ2) is 6.91. The zero-order valence-electron chi connectivity index (χ0n) is 11.7. The molecule has 0 saturated heterocycles. The van der Waals surface area contributed by atoms with Crippen LogP contribution < -0.4 is 9.47 Å². The Hall–Kier alpha value is -2.07. The minimum Gasteiger partial charge on any atom is -0.490 e. The van der Waals surface area contributed by atoms with E-state index in [1.165, 1.54) is 0 Å². The Labute approximate surface area is 119 Å². The number of pyridine rings is 1. The highest BCUT2D eigenvalue weighted by Gasteiger charge is 2.13. The first-order valence-corrected chi connectivity index (χ1v) is 6.75. The maximum atomic E-state index is 9.74. The van der Waals surface area contributed by atoms with Crippen LogP contribution in [0.4, 0.5) is 0 Å². The van der Waals surface area contributed by atoms with Crippen LogP contribution in [0, 0.1) is 0 Å². The number of nitrogens with zero attached hydrogens (tertiary/aromatic N) is 1. The molecular formula is C16H19NO3. The molecule has 1 aromatic carbocycles. The second-order valence-electron chi connectivity index (χ2n) is 4.47. The van der Waals surface area contributed by atoms with E-state index >= 15 is 0 Å². The number of aromatic nitrogens is 1. The molecule has 106 valence electrons. The number of aliphatic hydroxyl groups is 1. The highest BCUT2D eigenvalue weighted by atomic mass is 16.5. The van der Waals surface area contributed by atoms with E-state index in [9.17, 15) is 5.11 Å². The van der Waals surface area contributed by atoms with Crippen LogP contribution in [0.15, 0.2) is 42.6 Å². The van der Waals surface area contributed by atoms with Crippen molar-refractivity contribution in [2.75, 3.05) is 6.61 Å². The first-order chi connectivity index (χ1) is 9.72. The number of aliphatic hydroxyl groups excluding tert-OH is 1. The van der Waals surface area contributed by atoms with Crippen molar-refractivity contribution < 1.29 is 14.6 Å². The quantitative estimate of drug-likeness (QED) is 0.871. The molecule has 2 rings (SSSR count). The van der Waals surface area contributed by atoms with E-state index in [0.717, 1.165) is 6.42 Å². The first-order valence-electron chi connectivity index (χ1n) is 6.75. The maximum absolute atomic E-state index is 9.74. The molecule has 1 heterocycles. The molecule has 0 fully saturated rings. The Morgan fingerprint density at radius 1 is 1.15 bits per heavy atom. The number of benzene rings is 1. The Morgan fingerprint density at radius 2 is 1.90 bits per heavy atom. The highest BCUT2D eigenvalue weighted by Crippen LogP contribution is 2.33. The zero-order chi connectivity index (χ0) is 14.4. The number of hydrogen-bond acceptors (Lipinski definition) is 4. The van der Waals surface area contributed by atoms with Gasteiger partial charge in [-0.1, -0.05) is 19.1 Å². The van der Waals surface area contributed by atoms with Gasteiger partial charge >= 0.3 is 0 Å². The second-order valence-corrected chi connectivity index (χ2v) is 4.47. The minimum atomic E-state index is -0.637. The van der Waals surface area contributed by atoms with Gasteiger partial charge in [-0.2, -0.15) is 0 Å². The van der Waals surface area contributed by atoms with Crippen molar-refractivity contribution in [2.24, 2.45) is 0 Å². The van der Waals surface area contributed by atoms with Crippen molar-refractivity contribution in [1.29, 1.82) is 0 Å². The summed E-state index contributed by atoms with van der Waals surface area (Å²) >= 11 is 0. The molecule has 0 spiro atoms. The van der Waals surface area contributed by atoms with Crippen molar-refractivity contribution in [2.45, 2.75) is 26.4 Å². The molecule has 0 amide bonds. The predicted octanol–water partition coefficient (Wildman–Crippen LogP) is 3.72. The monoisotopic (exact) mass is 273 g/mol. The molecule has 0 aliphatic heterocycles. The van der Waals surface area contributed by atoms with Gasteiger partial charge in [-0.25, -0.2) is 4.98 Å². The Bertz CT molecular complexity index is 555. The summed E-state index contributed by atoms with van der Waals surface area (Å²) in [5.74, 6) is 1.67. The zero-order valence-corrected chi connectivity index (χ0v) is 11.7. The lowest BCUT2D eigenvalue weighted by atomic mass is 10.2. The fourth-order valence-corrected chi connectivity index (χ4v) is 1.78. The van der Waals surface area contributed by atoms with E-state index in [0.29, 0.717) is 29.5 Å². The standard InChI is InChI=1S/C16H19NO3/c1-3-11-19-14-8-4-5-9-15(14)20-16-13(12(2)18)7-6-10-17-16/h4-10,12,18H,3,11H2,1-2H3/t12-/m1/s1. The van der Waals surface area contributed by atoms with Crippen LogP contribution in [0.2, 0.25) is 0 Å². The van der Waals surface area contributed by atoms with E-state index in [1.807, 2.05) is 31.2 Å². The summed E-state index contributed by atoms with van der Waals surface area (Å²) in [6, 6.07) is 11.0. The van der Waals surface area contributed by atoms with Gasteiger partial charge in [-0.15, -0.1) is 0 Å². The Morgan fingerprint density at radius 3 is 2.60 bits per heavy atom. The molecule has 2 aromatic rings. The maximum Gasteiger partial charge on any atom is 0.225 e. The molecule has 0 bridgehead atoms. The molecule has 1 N–H and O–H groups in total. The predicted molar refractivity (Wildman–Crippen MR) is 77.2 cm³/mol. The summed E-state index contributed by atoms with van der Waals surface area (Å²) in [6.45, 7) is 4.36. The van der Waals surface area contributed by atoms with E-state index in [4.69, 9.17) is 9.47 Å². The van der Waals surface area contributed by atoms with Gasteiger partial charge in [0.15, 0.2) is 11.5 Å². The lowest BCUT2D eigenvalue weighted by molar-refractivity contribution is 0.194. The van der Waals surface area contributed by atoms with E-state index in [1.54, 1.807) is 25.3 Å². The highest BCUT2D eigenvalue weighted by molar-refractivity contribution is 5.43. The summed E-state index contributed by atoms with van der Waals surface area (Å²) < 4.78 is 11.4. The van der Waals surface area contributed by atoms with Crippen molar-refractivity contribution >= 4 is 0 Å². The van der Waals surface area contributed by atoms with Gasteiger partial charge in [-0.3, -0.25) is 0 Å². The van der Waals surface area contributed by atoms with Crippen molar-refractivity contribution in [3.63, 3.8) is 0 Å². The summed E-state index contributed by atoms with van der Waals surface area (Å²) in [5.41, 5.74) is 0.651. The topological polar surface area (TPSA) is 51.6 Å². The van der Waals surface area contributed by atoms with Crippen LogP contribution in [0.1, 0.15) is 31.9 Å². The summed E-state index contributed by atoms with van der Waals surface area (Å²) in [6.07, 6.45) is 1.93. The molecule has 0 saturated carbocycles. The summed E-state index contributed by atoms with van der Waals surface area (Å²) in [7, 11) is 0. The van der Waals surface area contributed by atoms with E-state index < -0.39 is 6.10 Å². The van der Waals surface area contributed by atoms with Crippen molar-refractivity contribution in [3.05, 3.63) is 48.2 Å². The third-order valence-electron chi connectivity index (χ3n) is 2.77. The van der Waals surface area contributed by atoms with Gasteiger partial charge in [-0.05, 0) is 37.6 Å².